The Bertz CT molecular complexity index is 624. The molecule has 0 aromatic carbocycles. The second kappa shape index (κ2) is 32.9. The number of carboxylic acids is 1. The number of allylic oxidation sites excluding steroid dienone is 4. The second-order valence-corrected chi connectivity index (χ2v) is 12.1. The van der Waals surface area contributed by atoms with E-state index in [4.69, 9.17) is 9.84 Å². The van der Waals surface area contributed by atoms with Crippen molar-refractivity contribution in [1.29, 1.82) is 0 Å². The van der Waals surface area contributed by atoms with Crippen molar-refractivity contribution in [3.63, 3.8) is 0 Å². The van der Waals surface area contributed by atoms with Crippen LogP contribution >= 0.6 is 0 Å². The molecular weight excluding hydrogens is 508 g/mol. The summed E-state index contributed by atoms with van der Waals surface area (Å²) in [6.07, 6.45) is 40.6. The quantitative estimate of drug-likeness (QED) is 0.0491. The van der Waals surface area contributed by atoms with Crippen molar-refractivity contribution in [2.45, 2.75) is 200 Å². The van der Waals surface area contributed by atoms with E-state index < -0.39 is 5.97 Å². The zero-order valence-corrected chi connectivity index (χ0v) is 27.4. The van der Waals surface area contributed by atoms with E-state index in [1.54, 1.807) is 0 Å². The monoisotopic (exact) mass is 577 g/mol. The van der Waals surface area contributed by atoms with Crippen molar-refractivity contribution in [2.75, 3.05) is 0 Å². The van der Waals surface area contributed by atoms with Crippen LogP contribution in [0.4, 0.5) is 0 Å². The third-order valence-corrected chi connectivity index (χ3v) is 7.93. The minimum Gasteiger partial charge on any atom is -0.481 e. The third-order valence-electron chi connectivity index (χ3n) is 7.93. The molecule has 0 aliphatic heterocycles. The molecule has 4 nitrogen and oxygen atoms in total. The molecule has 0 aliphatic carbocycles. The number of carbonyl (C=O) groups is 2. The van der Waals surface area contributed by atoms with Crippen LogP contribution in [0.3, 0.4) is 0 Å². The molecule has 0 spiro atoms. The van der Waals surface area contributed by atoms with Crippen LogP contribution in [-0.2, 0) is 14.3 Å². The zero-order valence-electron chi connectivity index (χ0n) is 27.4. The summed E-state index contributed by atoms with van der Waals surface area (Å²) >= 11 is 0. The number of hydrogen-bond donors (Lipinski definition) is 1. The lowest BCUT2D eigenvalue weighted by Gasteiger charge is -2.18. The highest BCUT2D eigenvalue weighted by Crippen LogP contribution is 2.18. The Morgan fingerprint density at radius 3 is 1.49 bits per heavy atom. The standard InChI is InChI=1S/C37H68O4/c1-3-5-7-9-10-11-12-13-14-15-16-17-18-23-26-30-34-37(40)41-35(31-27-8-6-4-2)32-28-24-21-19-20-22-25-29-33-36(38)39/h10-11,13-14,35H,3-9,12,15-34H2,1-2H3,(H,38,39)/b11-10-,14-13-. The SMILES string of the molecule is CCCCC/C=C\C/C=C\CCCCCCCCC(=O)OC(CCCCCC)CCCCCCCCCCC(=O)O. The molecule has 0 rings (SSSR count). The van der Waals surface area contributed by atoms with Gasteiger partial charge >= 0.3 is 11.9 Å². The van der Waals surface area contributed by atoms with Crippen LogP contribution in [-0.4, -0.2) is 23.1 Å². The van der Waals surface area contributed by atoms with E-state index in [1.807, 2.05) is 0 Å². The fourth-order valence-electron chi connectivity index (χ4n) is 5.27. The summed E-state index contributed by atoms with van der Waals surface area (Å²) in [7, 11) is 0. The van der Waals surface area contributed by atoms with Crippen LogP contribution in [0.25, 0.3) is 0 Å². The van der Waals surface area contributed by atoms with Crippen molar-refractivity contribution in [1.82, 2.24) is 0 Å². The Kier molecular flexibility index (Phi) is 31.7. The second-order valence-electron chi connectivity index (χ2n) is 12.1. The summed E-state index contributed by atoms with van der Waals surface area (Å²) in [6, 6.07) is 0. The first-order chi connectivity index (χ1) is 20.1. The van der Waals surface area contributed by atoms with Gasteiger partial charge in [-0.3, -0.25) is 9.59 Å². The van der Waals surface area contributed by atoms with Crippen LogP contribution in [0.15, 0.2) is 24.3 Å². The molecule has 240 valence electrons. The van der Waals surface area contributed by atoms with Gasteiger partial charge in [0.25, 0.3) is 0 Å². The van der Waals surface area contributed by atoms with Gasteiger partial charge in [-0.05, 0) is 70.6 Å². The van der Waals surface area contributed by atoms with Gasteiger partial charge in [0, 0.05) is 12.8 Å². The van der Waals surface area contributed by atoms with Crippen LogP contribution in [0.5, 0.6) is 0 Å². The number of hydrogen-bond acceptors (Lipinski definition) is 3. The summed E-state index contributed by atoms with van der Waals surface area (Å²) in [5, 5.41) is 8.70. The van der Waals surface area contributed by atoms with Crippen molar-refractivity contribution < 1.29 is 19.4 Å². The van der Waals surface area contributed by atoms with Crippen LogP contribution in [0, 0.1) is 0 Å². The number of rotatable bonds is 32. The van der Waals surface area contributed by atoms with Gasteiger partial charge in [0.05, 0.1) is 0 Å². The van der Waals surface area contributed by atoms with Gasteiger partial charge in [-0.25, -0.2) is 0 Å². The summed E-state index contributed by atoms with van der Waals surface area (Å²) in [5.41, 5.74) is 0. The lowest BCUT2D eigenvalue weighted by Crippen LogP contribution is -2.18. The molecule has 41 heavy (non-hydrogen) atoms. The molecule has 0 saturated carbocycles. The van der Waals surface area contributed by atoms with Crippen LogP contribution in [0.2, 0.25) is 0 Å². The lowest BCUT2D eigenvalue weighted by atomic mass is 10.0. The average molecular weight is 577 g/mol. The molecule has 0 aromatic heterocycles. The van der Waals surface area contributed by atoms with Crippen molar-refractivity contribution in [3.05, 3.63) is 24.3 Å². The predicted molar refractivity (Wildman–Crippen MR) is 176 cm³/mol. The topological polar surface area (TPSA) is 63.6 Å². The Morgan fingerprint density at radius 1 is 0.537 bits per heavy atom. The first kappa shape index (κ1) is 39.4. The molecular formula is C37H68O4. The molecule has 0 aromatic rings. The molecule has 0 radical (unpaired) electrons. The minimum atomic E-state index is -0.684. The fourth-order valence-corrected chi connectivity index (χ4v) is 5.27. The van der Waals surface area contributed by atoms with Gasteiger partial charge in [-0.2, -0.15) is 0 Å². The average Bonchev–Trinajstić information content (AvgIpc) is 2.95. The van der Waals surface area contributed by atoms with E-state index in [0.717, 1.165) is 64.2 Å². The van der Waals surface area contributed by atoms with Gasteiger partial charge in [-0.1, -0.05) is 134 Å². The number of esters is 1. The predicted octanol–water partition coefficient (Wildman–Crippen LogP) is 12.1. The van der Waals surface area contributed by atoms with Crippen molar-refractivity contribution >= 4 is 11.9 Å². The number of carboxylic acid groups (broad SMARTS) is 1. The highest BCUT2D eigenvalue weighted by molar-refractivity contribution is 5.69. The molecule has 0 amide bonds. The van der Waals surface area contributed by atoms with Gasteiger partial charge < -0.3 is 9.84 Å². The molecule has 0 aliphatic rings. The number of aliphatic carboxylic acids is 1. The maximum Gasteiger partial charge on any atom is 0.306 e. The van der Waals surface area contributed by atoms with Gasteiger partial charge in [0.1, 0.15) is 6.10 Å². The number of carbonyl (C=O) groups excluding carboxylic acids is 1. The largest absolute Gasteiger partial charge is 0.481 e. The fraction of sp³-hybridized carbons (Fsp3) is 0.838. The molecule has 1 unspecified atom stereocenters. The van der Waals surface area contributed by atoms with E-state index in [0.29, 0.717) is 12.8 Å². The smallest absolute Gasteiger partial charge is 0.306 e. The van der Waals surface area contributed by atoms with Crippen molar-refractivity contribution in [2.24, 2.45) is 0 Å². The van der Waals surface area contributed by atoms with E-state index in [1.165, 1.54) is 103 Å². The summed E-state index contributed by atoms with van der Waals surface area (Å²) < 4.78 is 5.95. The Morgan fingerprint density at radius 2 is 0.951 bits per heavy atom. The van der Waals surface area contributed by atoms with E-state index in [9.17, 15) is 9.59 Å². The molecule has 1 N–H and O–H groups in total. The Labute approximate surface area is 255 Å². The number of ether oxygens (including phenoxy) is 1. The van der Waals surface area contributed by atoms with E-state index in [-0.39, 0.29) is 12.1 Å². The van der Waals surface area contributed by atoms with E-state index >= 15 is 0 Å². The Hall–Kier alpha value is -1.58. The maximum atomic E-state index is 12.5. The maximum absolute atomic E-state index is 12.5. The zero-order chi connectivity index (χ0) is 30.1. The van der Waals surface area contributed by atoms with Crippen LogP contribution in [0.1, 0.15) is 194 Å². The third kappa shape index (κ3) is 32.8. The van der Waals surface area contributed by atoms with Gasteiger partial charge in [-0.15, -0.1) is 0 Å². The Balaban J connectivity index is 3.84. The van der Waals surface area contributed by atoms with Gasteiger partial charge in [0.2, 0.25) is 0 Å². The highest BCUT2D eigenvalue weighted by Gasteiger charge is 2.14. The highest BCUT2D eigenvalue weighted by atomic mass is 16.5. The van der Waals surface area contributed by atoms with E-state index in [2.05, 4.69) is 38.2 Å². The molecule has 4 heteroatoms. The van der Waals surface area contributed by atoms with Crippen LogP contribution < -0.4 is 0 Å². The lowest BCUT2D eigenvalue weighted by molar-refractivity contribution is -0.150. The van der Waals surface area contributed by atoms with Crippen molar-refractivity contribution in [3.8, 4) is 0 Å². The van der Waals surface area contributed by atoms with Gasteiger partial charge in [0.15, 0.2) is 0 Å². The molecule has 1 atom stereocenters. The number of unbranched alkanes of at least 4 members (excludes halogenated alkanes) is 19. The molecule has 0 saturated heterocycles. The molecule has 0 heterocycles. The molecule has 0 fully saturated rings. The first-order valence-corrected chi connectivity index (χ1v) is 17.8. The summed E-state index contributed by atoms with van der Waals surface area (Å²) in [4.78, 5) is 23.1. The summed E-state index contributed by atoms with van der Waals surface area (Å²) in [5.74, 6) is -0.673. The minimum absolute atomic E-state index is 0.0106. The molecule has 0 bridgehead atoms. The summed E-state index contributed by atoms with van der Waals surface area (Å²) in [6.45, 7) is 4.48. The normalized spacial score (nSPS) is 12.4. The first-order valence-electron chi connectivity index (χ1n) is 17.8.